The predicted octanol–water partition coefficient (Wildman–Crippen LogP) is 3.39. The molecule has 0 aliphatic heterocycles. The van der Waals surface area contributed by atoms with E-state index in [1.165, 1.54) is 11.3 Å². The van der Waals surface area contributed by atoms with Gasteiger partial charge in [-0.15, -0.1) is 11.3 Å². The van der Waals surface area contributed by atoms with Crippen molar-refractivity contribution in [1.29, 1.82) is 0 Å². The van der Waals surface area contributed by atoms with Crippen molar-refractivity contribution in [2.45, 2.75) is 13.8 Å². The number of thiazole rings is 1. The maximum absolute atomic E-state index is 11.7. The van der Waals surface area contributed by atoms with Crippen molar-refractivity contribution < 1.29 is 4.79 Å². The minimum atomic E-state index is 0.0733. The second kappa shape index (κ2) is 4.90. The van der Waals surface area contributed by atoms with Gasteiger partial charge in [0, 0.05) is 32.3 Å². The molecular weight excluding hydrogens is 244 g/mol. The summed E-state index contributed by atoms with van der Waals surface area (Å²) in [5, 5.41) is 0.920. The summed E-state index contributed by atoms with van der Waals surface area (Å²) in [6.07, 6.45) is 0. The van der Waals surface area contributed by atoms with E-state index in [0.717, 1.165) is 26.8 Å². The van der Waals surface area contributed by atoms with E-state index >= 15 is 0 Å². The molecule has 1 aromatic carbocycles. The van der Waals surface area contributed by atoms with Crippen LogP contribution in [0, 0.1) is 6.92 Å². The Balaban J connectivity index is 2.65. The van der Waals surface area contributed by atoms with Crippen LogP contribution in [0.25, 0.3) is 11.3 Å². The van der Waals surface area contributed by atoms with Gasteiger partial charge in [-0.25, -0.2) is 4.98 Å². The Bertz CT molecular complexity index is 587. The zero-order chi connectivity index (χ0) is 13.3. The summed E-state index contributed by atoms with van der Waals surface area (Å²) < 4.78 is 0. The van der Waals surface area contributed by atoms with E-state index in [1.807, 2.05) is 50.2 Å². The van der Waals surface area contributed by atoms with E-state index < -0.39 is 0 Å². The summed E-state index contributed by atoms with van der Waals surface area (Å²) in [7, 11) is 3.98. The molecule has 2 rings (SSSR count). The fourth-order valence-electron chi connectivity index (χ4n) is 1.91. The first-order valence-corrected chi connectivity index (χ1v) is 6.57. The number of aryl methyl sites for hydroxylation is 1. The molecular formula is C14H16N2OS. The Kier molecular flexibility index (Phi) is 3.48. The van der Waals surface area contributed by atoms with Crippen LogP contribution in [0.3, 0.4) is 0 Å². The standard InChI is InChI=1S/C14H16N2OS/c1-9(17)14-13(15-10(2)18-14)11-7-5-6-8-12(11)16(3)4/h5-8H,1-4H3. The number of para-hydroxylation sites is 1. The average molecular weight is 260 g/mol. The van der Waals surface area contributed by atoms with Crippen LogP contribution in [0.4, 0.5) is 5.69 Å². The predicted molar refractivity (Wildman–Crippen MR) is 76.6 cm³/mol. The smallest absolute Gasteiger partial charge is 0.172 e. The number of benzene rings is 1. The molecule has 4 heteroatoms. The summed E-state index contributed by atoms with van der Waals surface area (Å²) in [6, 6.07) is 8.01. The van der Waals surface area contributed by atoms with E-state index in [1.54, 1.807) is 6.92 Å². The molecule has 0 saturated heterocycles. The van der Waals surface area contributed by atoms with Gasteiger partial charge in [0.25, 0.3) is 0 Å². The number of carbonyl (C=O) groups excluding carboxylic acids is 1. The molecule has 0 fully saturated rings. The van der Waals surface area contributed by atoms with Crippen molar-refractivity contribution >= 4 is 22.8 Å². The maximum atomic E-state index is 11.7. The van der Waals surface area contributed by atoms with Gasteiger partial charge in [0.15, 0.2) is 5.78 Å². The van der Waals surface area contributed by atoms with E-state index in [9.17, 15) is 4.79 Å². The molecule has 0 N–H and O–H groups in total. The SMILES string of the molecule is CC(=O)c1sc(C)nc1-c1ccccc1N(C)C. The largest absolute Gasteiger partial charge is 0.377 e. The number of Topliss-reactive ketones (excluding diaryl/α,β-unsaturated/α-hetero) is 1. The molecule has 0 unspecified atom stereocenters. The van der Waals surface area contributed by atoms with Crippen LogP contribution in [-0.2, 0) is 0 Å². The van der Waals surface area contributed by atoms with Crippen molar-refractivity contribution in [3.05, 3.63) is 34.2 Å². The summed E-state index contributed by atoms with van der Waals surface area (Å²) in [4.78, 5) is 19.0. The Morgan fingerprint density at radius 1 is 1.28 bits per heavy atom. The molecule has 3 nitrogen and oxygen atoms in total. The van der Waals surface area contributed by atoms with E-state index in [4.69, 9.17) is 0 Å². The Labute approximate surface area is 111 Å². The van der Waals surface area contributed by atoms with E-state index in [-0.39, 0.29) is 5.78 Å². The maximum Gasteiger partial charge on any atom is 0.172 e. The third-order valence-corrected chi connectivity index (χ3v) is 3.77. The fourth-order valence-corrected chi connectivity index (χ4v) is 2.74. The van der Waals surface area contributed by atoms with Crippen molar-refractivity contribution in [3.63, 3.8) is 0 Å². The lowest BCUT2D eigenvalue weighted by Crippen LogP contribution is -2.10. The van der Waals surface area contributed by atoms with Crippen molar-refractivity contribution in [2.75, 3.05) is 19.0 Å². The van der Waals surface area contributed by atoms with Gasteiger partial charge in [-0.1, -0.05) is 18.2 Å². The molecule has 1 heterocycles. The molecule has 0 radical (unpaired) electrons. The number of aromatic nitrogens is 1. The van der Waals surface area contributed by atoms with Gasteiger partial charge in [0.05, 0.1) is 15.6 Å². The number of carbonyl (C=O) groups is 1. The number of nitrogens with zero attached hydrogens (tertiary/aromatic N) is 2. The highest BCUT2D eigenvalue weighted by atomic mass is 32.1. The molecule has 0 amide bonds. The minimum absolute atomic E-state index is 0.0733. The van der Waals surface area contributed by atoms with Gasteiger partial charge in [-0.2, -0.15) is 0 Å². The molecule has 0 atom stereocenters. The average Bonchev–Trinajstić information content (AvgIpc) is 2.71. The van der Waals surface area contributed by atoms with Crippen LogP contribution < -0.4 is 4.90 Å². The third kappa shape index (κ3) is 2.29. The summed E-state index contributed by atoms with van der Waals surface area (Å²) in [6.45, 7) is 3.52. The second-order valence-electron chi connectivity index (χ2n) is 4.38. The third-order valence-electron chi connectivity index (χ3n) is 2.69. The van der Waals surface area contributed by atoms with Crippen LogP contribution in [0.15, 0.2) is 24.3 Å². The molecule has 0 aliphatic carbocycles. The summed E-state index contributed by atoms with van der Waals surface area (Å²) in [5.74, 6) is 0.0733. The Morgan fingerprint density at radius 2 is 1.94 bits per heavy atom. The van der Waals surface area contributed by atoms with Crippen LogP contribution in [0.1, 0.15) is 21.6 Å². The lowest BCUT2D eigenvalue weighted by atomic mass is 10.1. The Morgan fingerprint density at radius 3 is 2.56 bits per heavy atom. The molecule has 0 spiro atoms. The van der Waals surface area contributed by atoms with Crippen molar-refractivity contribution in [1.82, 2.24) is 4.98 Å². The minimum Gasteiger partial charge on any atom is -0.377 e. The van der Waals surface area contributed by atoms with Crippen LogP contribution in [0.5, 0.6) is 0 Å². The van der Waals surface area contributed by atoms with Crippen LogP contribution >= 0.6 is 11.3 Å². The van der Waals surface area contributed by atoms with Crippen molar-refractivity contribution in [3.8, 4) is 11.3 Å². The van der Waals surface area contributed by atoms with Crippen LogP contribution in [-0.4, -0.2) is 24.9 Å². The molecule has 0 bridgehead atoms. The highest BCUT2D eigenvalue weighted by Gasteiger charge is 2.17. The highest BCUT2D eigenvalue weighted by Crippen LogP contribution is 2.34. The fraction of sp³-hybridized carbons (Fsp3) is 0.286. The first-order chi connectivity index (χ1) is 8.50. The number of hydrogen-bond acceptors (Lipinski definition) is 4. The van der Waals surface area contributed by atoms with Gasteiger partial charge >= 0.3 is 0 Å². The van der Waals surface area contributed by atoms with E-state index in [2.05, 4.69) is 4.98 Å². The van der Waals surface area contributed by atoms with Gasteiger partial charge < -0.3 is 4.90 Å². The molecule has 18 heavy (non-hydrogen) atoms. The van der Waals surface area contributed by atoms with Gasteiger partial charge in [0.2, 0.25) is 0 Å². The van der Waals surface area contributed by atoms with E-state index in [0.29, 0.717) is 0 Å². The number of anilines is 1. The Hall–Kier alpha value is -1.68. The quantitative estimate of drug-likeness (QED) is 0.793. The molecule has 2 aromatic rings. The second-order valence-corrected chi connectivity index (χ2v) is 5.58. The highest BCUT2D eigenvalue weighted by molar-refractivity contribution is 7.14. The summed E-state index contributed by atoms with van der Waals surface area (Å²) >= 11 is 1.46. The van der Waals surface area contributed by atoms with Gasteiger partial charge in [0.1, 0.15) is 0 Å². The molecule has 1 aromatic heterocycles. The lowest BCUT2D eigenvalue weighted by Gasteiger charge is -2.16. The lowest BCUT2D eigenvalue weighted by molar-refractivity contribution is 0.102. The normalized spacial score (nSPS) is 10.4. The van der Waals surface area contributed by atoms with Crippen molar-refractivity contribution in [2.24, 2.45) is 0 Å². The summed E-state index contributed by atoms with van der Waals surface area (Å²) in [5.41, 5.74) is 2.89. The molecule has 0 saturated carbocycles. The topological polar surface area (TPSA) is 33.2 Å². The molecule has 0 aliphatic rings. The van der Waals surface area contributed by atoms with Gasteiger partial charge in [-0.05, 0) is 13.0 Å². The molecule has 94 valence electrons. The zero-order valence-electron chi connectivity index (χ0n) is 11.0. The number of rotatable bonds is 3. The number of ketones is 1. The first-order valence-electron chi connectivity index (χ1n) is 5.75. The monoisotopic (exact) mass is 260 g/mol. The first kappa shape index (κ1) is 12.8. The zero-order valence-corrected chi connectivity index (χ0v) is 11.8. The van der Waals surface area contributed by atoms with Crippen LogP contribution in [0.2, 0.25) is 0 Å². The van der Waals surface area contributed by atoms with Gasteiger partial charge in [-0.3, -0.25) is 4.79 Å². The number of hydrogen-bond donors (Lipinski definition) is 0.